The fraction of sp³-hybridized carbons (Fsp3) is 0.357. The molecule has 1 aromatic rings. The van der Waals surface area contributed by atoms with Crippen LogP contribution in [0.25, 0.3) is 6.08 Å². The van der Waals surface area contributed by atoms with Gasteiger partial charge in [0, 0.05) is 6.16 Å². The van der Waals surface area contributed by atoms with Crippen LogP contribution in [0.1, 0.15) is 25.0 Å². The largest absolute Gasteiger partial charge is 0.338 e. The van der Waals surface area contributed by atoms with Crippen LogP contribution in [0.5, 0.6) is 0 Å². The van der Waals surface area contributed by atoms with Gasteiger partial charge in [0.15, 0.2) is 0 Å². The molecule has 0 aliphatic rings. The van der Waals surface area contributed by atoms with Crippen molar-refractivity contribution in [3.05, 3.63) is 42.0 Å². The zero-order chi connectivity index (χ0) is 12.7. The molecule has 17 heavy (non-hydrogen) atoms. The Morgan fingerprint density at radius 1 is 1.12 bits per heavy atom. The van der Waals surface area contributed by atoms with Crippen molar-refractivity contribution in [2.24, 2.45) is 0 Å². The maximum absolute atomic E-state index is 5.69. The predicted molar refractivity (Wildman–Crippen MR) is 77.5 cm³/mol. The highest BCUT2D eigenvalue weighted by Crippen LogP contribution is 2.50. The summed E-state index contributed by atoms with van der Waals surface area (Å²) < 4.78 is 11.4. The molecule has 2 nitrogen and oxygen atoms in total. The number of rotatable bonds is 7. The Morgan fingerprint density at radius 3 is 2.06 bits per heavy atom. The Morgan fingerprint density at radius 2 is 1.65 bits per heavy atom. The van der Waals surface area contributed by atoms with E-state index in [0.29, 0.717) is 13.2 Å². The molecule has 0 saturated carbocycles. The first-order valence-corrected chi connectivity index (χ1v) is 7.86. The highest BCUT2D eigenvalue weighted by atomic mass is 31.2. The summed E-state index contributed by atoms with van der Waals surface area (Å²) in [6.45, 7) is 8.97. The van der Waals surface area contributed by atoms with Crippen molar-refractivity contribution in [2.75, 3.05) is 13.2 Å². The molecule has 1 rings (SSSR count). The molecule has 0 aromatic heterocycles. The molecule has 0 atom stereocenters. The van der Waals surface area contributed by atoms with E-state index < -0.39 is 7.34 Å². The Balaban J connectivity index is 2.78. The molecule has 0 bridgehead atoms. The van der Waals surface area contributed by atoms with E-state index in [-0.39, 0.29) is 0 Å². The first-order chi connectivity index (χ1) is 8.13. The van der Waals surface area contributed by atoms with Crippen LogP contribution in [0.4, 0.5) is 0 Å². The van der Waals surface area contributed by atoms with Crippen LogP contribution in [0.3, 0.4) is 0 Å². The average Bonchev–Trinajstić information content (AvgIpc) is 2.30. The normalized spacial score (nSPS) is 11.4. The van der Waals surface area contributed by atoms with Crippen LogP contribution in [-0.4, -0.2) is 19.5 Å². The third-order valence-electron chi connectivity index (χ3n) is 2.37. The first-order valence-electron chi connectivity index (χ1n) is 5.86. The minimum atomic E-state index is -1.99. The van der Waals surface area contributed by atoms with Crippen molar-refractivity contribution in [1.29, 1.82) is 0 Å². The molecular weight excluding hydrogens is 231 g/mol. The smallest absolute Gasteiger partial charge is 0.121 e. The summed E-state index contributed by atoms with van der Waals surface area (Å²) in [6, 6.07) is 8.25. The topological polar surface area (TPSA) is 18.5 Å². The molecule has 3 heteroatoms. The van der Waals surface area contributed by atoms with Gasteiger partial charge in [-0.15, -0.1) is 0 Å². The van der Waals surface area contributed by atoms with Gasteiger partial charge in [-0.05, 0) is 25.0 Å². The Labute approximate surface area is 104 Å². The van der Waals surface area contributed by atoms with Crippen LogP contribution in [0.2, 0.25) is 0 Å². The number of hydrogen-bond acceptors (Lipinski definition) is 2. The Kier molecular flexibility index (Phi) is 5.70. The fourth-order valence-corrected chi connectivity index (χ4v) is 3.60. The summed E-state index contributed by atoms with van der Waals surface area (Å²) in [6.07, 6.45) is 6.72. The summed E-state index contributed by atoms with van der Waals surface area (Å²) in [7, 11) is -1.99. The first kappa shape index (κ1) is 14.2. The van der Waals surface area contributed by atoms with E-state index in [4.69, 9.17) is 9.05 Å². The third-order valence-corrected chi connectivity index (χ3v) is 4.67. The molecule has 0 spiro atoms. The molecule has 0 unspecified atom stereocenters. The lowest BCUT2D eigenvalue weighted by molar-refractivity contribution is 0.264. The molecule has 0 heterocycles. The van der Waals surface area contributed by atoms with Crippen molar-refractivity contribution in [1.82, 2.24) is 0 Å². The van der Waals surface area contributed by atoms with E-state index in [1.54, 1.807) is 0 Å². The van der Waals surface area contributed by atoms with E-state index in [9.17, 15) is 0 Å². The van der Waals surface area contributed by atoms with Gasteiger partial charge in [0.1, 0.15) is 7.34 Å². The van der Waals surface area contributed by atoms with Crippen molar-refractivity contribution in [2.45, 2.75) is 20.0 Å². The molecule has 0 aliphatic heterocycles. The van der Waals surface area contributed by atoms with Crippen molar-refractivity contribution < 1.29 is 9.05 Å². The predicted octanol–water partition coefficient (Wildman–Crippen LogP) is 4.18. The lowest BCUT2D eigenvalue weighted by Crippen LogP contribution is -1.99. The van der Waals surface area contributed by atoms with Gasteiger partial charge < -0.3 is 9.05 Å². The lowest BCUT2D eigenvalue weighted by atomic mass is 10.1. The fourth-order valence-electron chi connectivity index (χ4n) is 1.64. The number of benzene rings is 1. The molecule has 1 aromatic carbocycles. The van der Waals surface area contributed by atoms with Gasteiger partial charge in [0.25, 0.3) is 0 Å². The molecular formula is C14H21O2P. The van der Waals surface area contributed by atoms with Gasteiger partial charge in [-0.25, -0.2) is 0 Å². The second-order valence-electron chi connectivity index (χ2n) is 3.75. The maximum atomic E-state index is 5.69. The molecule has 0 amide bonds. The summed E-state index contributed by atoms with van der Waals surface area (Å²) >= 11 is 0. The van der Waals surface area contributed by atoms with Gasteiger partial charge in [-0.3, -0.25) is 0 Å². The highest BCUT2D eigenvalue weighted by molar-refractivity contribution is 7.63. The Bertz CT molecular complexity index is 385. The van der Waals surface area contributed by atoms with Gasteiger partial charge >= 0.3 is 0 Å². The second-order valence-corrected chi connectivity index (χ2v) is 6.22. The van der Waals surface area contributed by atoms with Gasteiger partial charge in [-0.1, -0.05) is 43.2 Å². The molecule has 0 aliphatic carbocycles. The summed E-state index contributed by atoms with van der Waals surface area (Å²) in [4.78, 5) is 0. The van der Waals surface area contributed by atoms with E-state index in [1.165, 1.54) is 5.56 Å². The number of hydrogen-bond donors (Lipinski definition) is 0. The summed E-state index contributed by atoms with van der Waals surface area (Å²) in [5.74, 6) is 0. The highest BCUT2D eigenvalue weighted by Gasteiger charge is 2.15. The standard InChI is InChI=1S/C14H21O2P/c1-5-13-8-10-14(11-9-13)12-17(4,15-6-2)16-7-3/h5,8-11H,1,4,6-7,12H2,2-3H3. The molecule has 94 valence electrons. The van der Waals surface area contributed by atoms with E-state index in [0.717, 1.165) is 11.7 Å². The van der Waals surface area contributed by atoms with Gasteiger partial charge in [0.05, 0.1) is 13.2 Å². The second kappa shape index (κ2) is 6.80. The summed E-state index contributed by atoms with van der Waals surface area (Å²) in [5, 5.41) is 0. The average molecular weight is 252 g/mol. The van der Waals surface area contributed by atoms with Gasteiger partial charge in [-0.2, -0.15) is 0 Å². The van der Waals surface area contributed by atoms with Crippen LogP contribution in [0.15, 0.2) is 30.8 Å². The van der Waals surface area contributed by atoms with E-state index in [2.05, 4.69) is 25.0 Å². The molecule has 0 N–H and O–H groups in total. The van der Waals surface area contributed by atoms with Crippen molar-refractivity contribution in [3.63, 3.8) is 0 Å². The maximum Gasteiger partial charge on any atom is 0.121 e. The van der Waals surface area contributed by atoms with E-state index in [1.807, 2.05) is 32.1 Å². The molecule has 0 radical (unpaired) electrons. The zero-order valence-electron chi connectivity index (χ0n) is 10.7. The Hall–Kier alpha value is -0.820. The molecule has 0 saturated heterocycles. The van der Waals surface area contributed by atoms with Gasteiger partial charge in [0.2, 0.25) is 0 Å². The minimum Gasteiger partial charge on any atom is -0.338 e. The molecule has 0 fully saturated rings. The third kappa shape index (κ3) is 4.51. The van der Waals surface area contributed by atoms with E-state index >= 15 is 0 Å². The zero-order valence-corrected chi connectivity index (χ0v) is 11.6. The van der Waals surface area contributed by atoms with Crippen LogP contribution >= 0.6 is 7.34 Å². The van der Waals surface area contributed by atoms with Crippen molar-refractivity contribution >= 4 is 19.7 Å². The quantitative estimate of drug-likeness (QED) is 0.678. The van der Waals surface area contributed by atoms with Crippen LogP contribution in [-0.2, 0) is 15.2 Å². The lowest BCUT2D eigenvalue weighted by Gasteiger charge is -2.23. The monoisotopic (exact) mass is 252 g/mol. The van der Waals surface area contributed by atoms with Crippen molar-refractivity contribution in [3.8, 4) is 0 Å². The minimum absolute atomic E-state index is 0.641. The van der Waals surface area contributed by atoms with Crippen LogP contribution < -0.4 is 0 Å². The SMILES string of the molecule is C=Cc1ccc(CP(=C)(OCC)OCC)cc1. The summed E-state index contributed by atoms with van der Waals surface area (Å²) in [5.41, 5.74) is 2.32. The van der Waals surface area contributed by atoms with Crippen LogP contribution in [0, 0.1) is 0 Å².